The molecular weight excluding hydrogens is 391 g/mol. The predicted molar refractivity (Wildman–Crippen MR) is 107 cm³/mol. The van der Waals surface area contributed by atoms with E-state index in [1.165, 1.54) is 24.3 Å². The van der Waals surface area contributed by atoms with Gasteiger partial charge in [0.2, 0.25) is 0 Å². The highest BCUT2D eigenvalue weighted by molar-refractivity contribution is 5.89. The number of amides is 2. The molecule has 0 spiro atoms. The summed E-state index contributed by atoms with van der Waals surface area (Å²) in [5, 5.41) is 16.4. The highest BCUT2D eigenvalue weighted by Gasteiger charge is 2.51. The molecule has 9 heteroatoms. The Kier molecular flexibility index (Phi) is 6.24. The fraction of sp³-hybridized carbons (Fsp3) is 0.429. The second-order valence-electron chi connectivity index (χ2n) is 7.54. The van der Waals surface area contributed by atoms with Gasteiger partial charge in [0.1, 0.15) is 11.9 Å². The number of carbonyl (C=O) groups is 1. The van der Waals surface area contributed by atoms with Crippen LogP contribution in [0.1, 0.15) is 5.69 Å². The van der Waals surface area contributed by atoms with Crippen molar-refractivity contribution in [2.75, 3.05) is 25.5 Å². The molecule has 3 heterocycles. The number of hydrogen-bond acceptors (Lipinski definition) is 6. The molecule has 2 bridgehead atoms. The van der Waals surface area contributed by atoms with Crippen LogP contribution < -0.4 is 10.6 Å². The third kappa shape index (κ3) is 4.59. The van der Waals surface area contributed by atoms with Crippen molar-refractivity contribution in [2.45, 2.75) is 37.0 Å². The Bertz CT molecular complexity index is 854. The van der Waals surface area contributed by atoms with Crippen LogP contribution in [0.4, 0.5) is 14.9 Å². The lowest BCUT2D eigenvalue weighted by Gasteiger charge is -2.42. The summed E-state index contributed by atoms with van der Waals surface area (Å²) in [5.74, 6) is -0.386. The first kappa shape index (κ1) is 20.7. The number of anilines is 1. The minimum absolute atomic E-state index is 0.286. The van der Waals surface area contributed by atoms with E-state index in [9.17, 15) is 14.3 Å². The molecule has 0 unspecified atom stereocenters. The number of ether oxygens (including phenoxy) is 2. The van der Waals surface area contributed by atoms with Gasteiger partial charge in [-0.3, -0.25) is 9.88 Å². The highest BCUT2D eigenvalue weighted by atomic mass is 19.1. The quantitative estimate of drug-likeness (QED) is 0.658. The molecule has 0 radical (unpaired) electrons. The van der Waals surface area contributed by atoms with E-state index in [-0.39, 0.29) is 12.4 Å². The van der Waals surface area contributed by atoms with Crippen LogP contribution in [0.5, 0.6) is 0 Å². The van der Waals surface area contributed by atoms with Gasteiger partial charge >= 0.3 is 6.03 Å². The fourth-order valence-electron chi connectivity index (χ4n) is 3.89. The Morgan fingerprint density at radius 3 is 2.83 bits per heavy atom. The van der Waals surface area contributed by atoms with Crippen LogP contribution in [0.2, 0.25) is 0 Å². The number of fused-ring (bicyclic) bond motifs is 2. The SMILES string of the molecule is CN(CCc1ccccn1)[C@@H]1[C@@H]2OC[C@H](O2)[C@@H](NC(=O)Nc2ccc(F)cc2)[C@@H]1O. The fourth-order valence-corrected chi connectivity index (χ4v) is 3.89. The second kappa shape index (κ2) is 9.05. The molecule has 1 aromatic heterocycles. The predicted octanol–water partition coefficient (Wildman–Crippen LogP) is 1.37. The van der Waals surface area contributed by atoms with Crippen molar-refractivity contribution in [3.63, 3.8) is 0 Å². The Balaban J connectivity index is 1.38. The van der Waals surface area contributed by atoms with Crippen molar-refractivity contribution in [3.05, 3.63) is 60.2 Å². The third-order valence-corrected chi connectivity index (χ3v) is 5.49. The number of halogens is 1. The number of aliphatic hydroxyl groups excluding tert-OH is 1. The summed E-state index contributed by atoms with van der Waals surface area (Å²) in [5.41, 5.74) is 1.40. The van der Waals surface area contributed by atoms with Gasteiger partial charge in [0.15, 0.2) is 6.29 Å². The van der Waals surface area contributed by atoms with Crippen LogP contribution in [-0.2, 0) is 15.9 Å². The van der Waals surface area contributed by atoms with E-state index in [2.05, 4.69) is 15.6 Å². The average Bonchev–Trinajstić information content (AvgIpc) is 3.17. The van der Waals surface area contributed by atoms with Crippen molar-refractivity contribution in [3.8, 4) is 0 Å². The minimum atomic E-state index is -0.885. The highest BCUT2D eigenvalue weighted by Crippen LogP contribution is 2.31. The number of likely N-dealkylation sites (N-methyl/N-ethyl adjacent to an activating group) is 1. The number of nitrogens with one attached hydrogen (secondary N) is 2. The van der Waals surface area contributed by atoms with Gasteiger partial charge in [0.05, 0.1) is 24.8 Å². The molecule has 2 aliphatic heterocycles. The zero-order valence-electron chi connectivity index (χ0n) is 16.6. The molecule has 5 atom stereocenters. The van der Waals surface area contributed by atoms with Gasteiger partial charge < -0.3 is 25.2 Å². The molecule has 2 saturated heterocycles. The number of aliphatic hydroxyl groups is 1. The van der Waals surface area contributed by atoms with Gasteiger partial charge in [-0.25, -0.2) is 9.18 Å². The van der Waals surface area contributed by atoms with Crippen molar-refractivity contribution < 1.29 is 23.8 Å². The summed E-state index contributed by atoms with van der Waals surface area (Å²) in [6, 6.07) is 9.61. The molecular formula is C21H25FN4O4. The number of carbonyl (C=O) groups excluding carboxylic acids is 1. The first-order chi connectivity index (χ1) is 14.5. The molecule has 3 N–H and O–H groups in total. The number of nitrogens with zero attached hydrogens (tertiary/aromatic N) is 2. The average molecular weight is 416 g/mol. The Hall–Kier alpha value is -2.59. The lowest BCUT2D eigenvalue weighted by Crippen LogP contribution is -2.65. The van der Waals surface area contributed by atoms with Crippen LogP contribution in [0.25, 0.3) is 0 Å². The van der Waals surface area contributed by atoms with E-state index < -0.39 is 36.6 Å². The van der Waals surface area contributed by atoms with Crippen molar-refractivity contribution in [1.29, 1.82) is 0 Å². The number of aromatic nitrogens is 1. The minimum Gasteiger partial charge on any atom is -0.389 e. The molecule has 4 rings (SSSR count). The van der Waals surface area contributed by atoms with Crippen molar-refractivity contribution in [1.82, 2.24) is 15.2 Å². The van der Waals surface area contributed by atoms with Gasteiger partial charge in [0.25, 0.3) is 0 Å². The smallest absolute Gasteiger partial charge is 0.319 e. The first-order valence-electron chi connectivity index (χ1n) is 9.89. The molecule has 160 valence electrons. The first-order valence-corrected chi connectivity index (χ1v) is 9.89. The van der Waals surface area contributed by atoms with Crippen LogP contribution in [0.15, 0.2) is 48.7 Å². The maximum Gasteiger partial charge on any atom is 0.319 e. The molecule has 2 aliphatic rings. The van der Waals surface area contributed by atoms with E-state index in [1.807, 2.05) is 30.1 Å². The van der Waals surface area contributed by atoms with Crippen LogP contribution in [0, 0.1) is 5.82 Å². The van der Waals surface area contributed by atoms with Crippen LogP contribution in [0.3, 0.4) is 0 Å². The molecule has 2 aromatic rings. The van der Waals surface area contributed by atoms with E-state index in [0.717, 1.165) is 5.69 Å². The summed E-state index contributed by atoms with van der Waals surface area (Å²) in [6.45, 7) is 0.926. The molecule has 2 amide bonds. The molecule has 1 aromatic carbocycles. The maximum atomic E-state index is 13.0. The van der Waals surface area contributed by atoms with Crippen LogP contribution in [-0.4, -0.2) is 71.8 Å². The monoisotopic (exact) mass is 416 g/mol. The Labute approximate surface area is 174 Å². The Morgan fingerprint density at radius 2 is 2.10 bits per heavy atom. The number of benzene rings is 1. The van der Waals surface area contributed by atoms with Crippen LogP contribution >= 0.6 is 0 Å². The number of pyridine rings is 1. The number of hydrogen-bond donors (Lipinski definition) is 3. The topological polar surface area (TPSA) is 96.0 Å². The summed E-state index contributed by atoms with van der Waals surface area (Å²) in [6.07, 6.45) is 0.572. The summed E-state index contributed by atoms with van der Waals surface area (Å²) >= 11 is 0. The molecule has 8 nitrogen and oxygen atoms in total. The van der Waals surface area contributed by atoms with E-state index in [1.54, 1.807) is 6.20 Å². The van der Waals surface area contributed by atoms with E-state index >= 15 is 0 Å². The van der Waals surface area contributed by atoms with Gasteiger partial charge in [-0.1, -0.05) is 6.07 Å². The standard InChI is InChI=1S/C21H25FN4O4/c1-26(11-9-14-4-2-3-10-23-14)18-19(27)17(16-12-29-20(18)30-16)25-21(28)24-15-7-5-13(22)6-8-15/h2-8,10,16-20,27H,9,11-12H2,1H3,(H2,24,25,28)/t16-,17+,18-,19-,20+/m0/s1. The zero-order valence-corrected chi connectivity index (χ0v) is 16.6. The van der Waals surface area contributed by atoms with E-state index in [4.69, 9.17) is 9.47 Å². The summed E-state index contributed by atoms with van der Waals surface area (Å²) < 4.78 is 24.7. The molecule has 2 fully saturated rings. The third-order valence-electron chi connectivity index (χ3n) is 5.49. The lowest BCUT2D eigenvalue weighted by atomic mass is 9.95. The number of rotatable bonds is 6. The lowest BCUT2D eigenvalue weighted by molar-refractivity contribution is -0.176. The summed E-state index contributed by atoms with van der Waals surface area (Å²) in [4.78, 5) is 18.7. The van der Waals surface area contributed by atoms with Gasteiger partial charge in [-0.15, -0.1) is 0 Å². The van der Waals surface area contributed by atoms with Gasteiger partial charge in [-0.05, 0) is 43.4 Å². The van der Waals surface area contributed by atoms with Gasteiger partial charge in [-0.2, -0.15) is 0 Å². The van der Waals surface area contributed by atoms with E-state index in [0.29, 0.717) is 18.7 Å². The molecule has 0 saturated carbocycles. The number of urea groups is 1. The van der Waals surface area contributed by atoms with Crippen molar-refractivity contribution in [2.24, 2.45) is 0 Å². The molecule has 0 aliphatic carbocycles. The van der Waals surface area contributed by atoms with Gasteiger partial charge in [0, 0.05) is 30.5 Å². The second-order valence-corrected chi connectivity index (χ2v) is 7.54. The summed E-state index contributed by atoms with van der Waals surface area (Å²) in [7, 11) is 1.89. The largest absolute Gasteiger partial charge is 0.389 e. The molecule has 30 heavy (non-hydrogen) atoms. The van der Waals surface area contributed by atoms with Crippen molar-refractivity contribution >= 4 is 11.7 Å². The Morgan fingerprint density at radius 1 is 1.30 bits per heavy atom. The normalized spacial score (nSPS) is 27.8. The zero-order chi connectivity index (χ0) is 21.1. The maximum absolute atomic E-state index is 13.0.